The van der Waals surface area contributed by atoms with Crippen molar-refractivity contribution in [1.29, 1.82) is 0 Å². The lowest BCUT2D eigenvalue weighted by molar-refractivity contribution is -0.116. The van der Waals surface area contributed by atoms with Crippen molar-refractivity contribution in [3.05, 3.63) is 63.8 Å². The maximum absolute atomic E-state index is 14.7. The second kappa shape index (κ2) is 7.00. The number of nitrogens with zero attached hydrogens (tertiary/aromatic N) is 2. The molecule has 0 saturated heterocycles. The zero-order valence-electron chi connectivity index (χ0n) is 15.1. The van der Waals surface area contributed by atoms with Crippen LogP contribution in [0.1, 0.15) is 17.5 Å². The van der Waals surface area contributed by atoms with Crippen molar-refractivity contribution in [1.82, 2.24) is 14.5 Å². The zero-order valence-corrected chi connectivity index (χ0v) is 15.1. The van der Waals surface area contributed by atoms with Gasteiger partial charge in [-0.25, -0.2) is 9.18 Å². The molecule has 2 N–H and O–H groups in total. The molecule has 140 valence electrons. The molecule has 27 heavy (non-hydrogen) atoms. The van der Waals surface area contributed by atoms with Crippen molar-refractivity contribution in [2.45, 2.75) is 25.9 Å². The number of halogens is 1. The molecule has 1 aromatic heterocycles. The van der Waals surface area contributed by atoms with E-state index in [0.717, 1.165) is 23.1 Å². The molecular weight excluding hydrogens is 347 g/mol. The number of imidazole rings is 1. The summed E-state index contributed by atoms with van der Waals surface area (Å²) in [5.74, 6) is -0.674. The summed E-state index contributed by atoms with van der Waals surface area (Å²) in [7, 11) is 1.71. The van der Waals surface area contributed by atoms with Gasteiger partial charge in [-0.2, -0.15) is 0 Å². The Balaban J connectivity index is 1.50. The molecule has 6 nitrogen and oxygen atoms in total. The molecule has 0 atom stereocenters. The highest BCUT2D eigenvalue weighted by atomic mass is 19.1. The smallest absolute Gasteiger partial charge is 0.324 e. The van der Waals surface area contributed by atoms with E-state index in [1.807, 2.05) is 30.3 Å². The van der Waals surface area contributed by atoms with Gasteiger partial charge in [0, 0.05) is 26.6 Å². The molecule has 0 fully saturated rings. The number of fused-ring (bicyclic) bond motifs is 2. The number of amides is 1. The second-order valence-electron chi connectivity index (χ2n) is 6.77. The van der Waals surface area contributed by atoms with Gasteiger partial charge >= 0.3 is 5.69 Å². The van der Waals surface area contributed by atoms with E-state index >= 15 is 0 Å². The standard InChI is InChI=1S/C20H21FN4O2/c1-24-16-4-2-3-5-17(16)25(20(24)27)11-9-18(26)23-15-7-6-13-12-22-10-8-14(13)19(15)21/h2-7,22H,8-12H2,1H3,(H,23,26). The fourth-order valence-electron chi connectivity index (χ4n) is 3.64. The third-order valence-corrected chi connectivity index (χ3v) is 5.10. The van der Waals surface area contributed by atoms with Gasteiger partial charge in [-0.05, 0) is 42.3 Å². The van der Waals surface area contributed by atoms with E-state index in [2.05, 4.69) is 10.6 Å². The summed E-state index contributed by atoms with van der Waals surface area (Å²) in [4.78, 5) is 24.7. The maximum atomic E-state index is 14.7. The number of benzene rings is 2. The minimum Gasteiger partial charge on any atom is -0.324 e. The molecule has 7 heteroatoms. The first kappa shape index (κ1) is 17.5. The van der Waals surface area contributed by atoms with Gasteiger partial charge in [-0.15, -0.1) is 0 Å². The zero-order chi connectivity index (χ0) is 19.0. The molecule has 0 bridgehead atoms. The highest BCUT2D eigenvalue weighted by Gasteiger charge is 2.18. The summed E-state index contributed by atoms with van der Waals surface area (Å²) >= 11 is 0. The fourth-order valence-corrected chi connectivity index (χ4v) is 3.64. The van der Waals surface area contributed by atoms with Crippen molar-refractivity contribution in [2.75, 3.05) is 11.9 Å². The van der Waals surface area contributed by atoms with Crippen LogP contribution in [0.15, 0.2) is 41.2 Å². The van der Waals surface area contributed by atoms with Gasteiger partial charge in [0.05, 0.1) is 16.7 Å². The quantitative estimate of drug-likeness (QED) is 0.742. The monoisotopic (exact) mass is 368 g/mol. The third kappa shape index (κ3) is 3.14. The minimum atomic E-state index is -0.357. The van der Waals surface area contributed by atoms with Gasteiger partial charge in [0.15, 0.2) is 0 Å². The molecule has 0 unspecified atom stereocenters. The average molecular weight is 368 g/mol. The Morgan fingerprint density at radius 3 is 2.81 bits per heavy atom. The Kier molecular flexibility index (Phi) is 4.53. The topological polar surface area (TPSA) is 68.1 Å². The Morgan fingerprint density at radius 1 is 1.22 bits per heavy atom. The first-order valence-electron chi connectivity index (χ1n) is 9.01. The number of carbonyl (C=O) groups excluding carboxylic acids is 1. The molecule has 1 aliphatic heterocycles. The number of hydrogen-bond donors (Lipinski definition) is 2. The Hall–Kier alpha value is -2.93. The minimum absolute atomic E-state index is 0.0893. The Bertz CT molecular complexity index is 1080. The number of aryl methyl sites for hydroxylation is 2. The highest BCUT2D eigenvalue weighted by Crippen LogP contribution is 2.24. The second-order valence-corrected chi connectivity index (χ2v) is 6.77. The van der Waals surface area contributed by atoms with Crippen molar-refractivity contribution in [2.24, 2.45) is 7.05 Å². The van der Waals surface area contributed by atoms with Gasteiger partial charge in [0.25, 0.3) is 0 Å². The first-order valence-corrected chi connectivity index (χ1v) is 9.01. The lowest BCUT2D eigenvalue weighted by atomic mass is 9.99. The number of anilines is 1. The van der Waals surface area contributed by atoms with Gasteiger partial charge in [0.1, 0.15) is 5.82 Å². The van der Waals surface area contributed by atoms with Crippen LogP contribution in [-0.2, 0) is 31.4 Å². The molecule has 1 aliphatic rings. The summed E-state index contributed by atoms with van der Waals surface area (Å²) in [6.07, 6.45) is 0.697. The van der Waals surface area contributed by atoms with Crippen LogP contribution in [-0.4, -0.2) is 21.6 Å². The predicted molar refractivity (Wildman–Crippen MR) is 102 cm³/mol. The van der Waals surface area contributed by atoms with Crippen molar-refractivity contribution < 1.29 is 9.18 Å². The van der Waals surface area contributed by atoms with E-state index in [4.69, 9.17) is 0 Å². The molecule has 2 aromatic carbocycles. The summed E-state index contributed by atoms with van der Waals surface area (Å²) in [6.45, 7) is 1.61. The molecule has 2 heterocycles. The predicted octanol–water partition coefficient (Wildman–Crippen LogP) is 2.15. The van der Waals surface area contributed by atoms with E-state index < -0.39 is 0 Å². The van der Waals surface area contributed by atoms with Crippen LogP contribution in [0.25, 0.3) is 11.0 Å². The summed E-state index contributed by atoms with van der Waals surface area (Å²) in [5, 5.41) is 5.85. The van der Waals surface area contributed by atoms with Crippen molar-refractivity contribution in [3.8, 4) is 0 Å². The Morgan fingerprint density at radius 2 is 2.00 bits per heavy atom. The van der Waals surface area contributed by atoms with E-state index in [9.17, 15) is 14.0 Å². The van der Waals surface area contributed by atoms with Gasteiger partial charge in [0.2, 0.25) is 5.91 Å². The SMILES string of the molecule is Cn1c(=O)n(CCC(=O)Nc2ccc3c(c2F)CCNC3)c2ccccc21. The van der Waals surface area contributed by atoms with Crippen molar-refractivity contribution >= 4 is 22.6 Å². The van der Waals surface area contributed by atoms with Crippen LogP contribution < -0.4 is 16.3 Å². The number of nitrogens with one attached hydrogen (secondary N) is 2. The molecule has 0 spiro atoms. The van der Waals surface area contributed by atoms with Crippen LogP contribution in [0, 0.1) is 5.82 Å². The van der Waals surface area contributed by atoms with E-state index in [-0.39, 0.29) is 36.1 Å². The lowest BCUT2D eigenvalue weighted by Gasteiger charge is -2.19. The number of rotatable bonds is 4. The molecule has 1 amide bonds. The lowest BCUT2D eigenvalue weighted by Crippen LogP contribution is -2.26. The molecule has 4 rings (SSSR count). The largest absolute Gasteiger partial charge is 0.328 e. The highest BCUT2D eigenvalue weighted by molar-refractivity contribution is 5.91. The normalized spacial score (nSPS) is 13.6. The van der Waals surface area contributed by atoms with Gasteiger partial charge in [-0.3, -0.25) is 13.9 Å². The summed E-state index contributed by atoms with van der Waals surface area (Å²) in [5.41, 5.74) is 3.22. The van der Waals surface area contributed by atoms with Gasteiger partial charge < -0.3 is 10.6 Å². The number of para-hydroxylation sites is 2. The van der Waals surface area contributed by atoms with E-state index in [1.165, 1.54) is 0 Å². The maximum Gasteiger partial charge on any atom is 0.328 e. The van der Waals surface area contributed by atoms with Crippen LogP contribution in [0.3, 0.4) is 0 Å². The molecule has 0 radical (unpaired) electrons. The van der Waals surface area contributed by atoms with Crippen LogP contribution in [0.4, 0.5) is 10.1 Å². The number of aromatic nitrogens is 2. The van der Waals surface area contributed by atoms with Crippen LogP contribution in [0.5, 0.6) is 0 Å². The third-order valence-electron chi connectivity index (χ3n) is 5.10. The summed E-state index contributed by atoms with van der Waals surface area (Å²) in [6, 6.07) is 10.9. The Labute approximate surface area is 155 Å². The molecule has 0 saturated carbocycles. The molecule has 0 aliphatic carbocycles. The van der Waals surface area contributed by atoms with Crippen LogP contribution >= 0.6 is 0 Å². The van der Waals surface area contributed by atoms with Gasteiger partial charge in [-0.1, -0.05) is 18.2 Å². The molecular formula is C20H21FN4O2. The van der Waals surface area contributed by atoms with E-state index in [1.54, 1.807) is 22.2 Å². The van der Waals surface area contributed by atoms with Crippen molar-refractivity contribution in [3.63, 3.8) is 0 Å². The average Bonchev–Trinajstić information content (AvgIpc) is 2.93. The fraction of sp³-hybridized carbons (Fsp3) is 0.300. The number of carbonyl (C=O) groups is 1. The molecule has 3 aromatic rings. The number of hydrogen-bond acceptors (Lipinski definition) is 3. The first-order chi connectivity index (χ1) is 13.1. The van der Waals surface area contributed by atoms with E-state index in [0.29, 0.717) is 18.5 Å². The summed E-state index contributed by atoms with van der Waals surface area (Å²) < 4.78 is 17.8. The van der Waals surface area contributed by atoms with Crippen LogP contribution in [0.2, 0.25) is 0 Å².